The molecule has 0 fully saturated rings. The minimum absolute atomic E-state index is 0.0507. The van der Waals surface area contributed by atoms with Gasteiger partial charge in [-0.05, 0) is 38.0 Å². The Kier molecular flexibility index (Phi) is 8.06. The molecule has 2 amide bonds. The Bertz CT molecular complexity index is 819. The third-order valence-corrected chi connectivity index (χ3v) is 4.83. The van der Waals surface area contributed by atoms with Crippen LogP contribution in [-0.2, 0) is 25.5 Å². The smallest absolute Gasteiger partial charge is 0.316 e. The topological polar surface area (TPSA) is 111 Å². The quantitative estimate of drug-likeness (QED) is 0.617. The number of nitrogens with one attached hydrogen (secondary N) is 2. The van der Waals surface area contributed by atoms with Crippen LogP contribution in [0.5, 0.6) is 0 Å². The van der Waals surface area contributed by atoms with Crippen LogP contribution in [0.1, 0.15) is 25.2 Å². The number of benzene rings is 1. The molecule has 28 heavy (non-hydrogen) atoms. The van der Waals surface area contributed by atoms with Crippen molar-refractivity contribution in [2.75, 3.05) is 23.0 Å². The van der Waals surface area contributed by atoms with E-state index in [-0.39, 0.29) is 18.3 Å². The largest absolute Gasteiger partial charge is 0.455 e. The zero-order chi connectivity index (χ0) is 20.5. The van der Waals surface area contributed by atoms with Crippen molar-refractivity contribution in [3.8, 4) is 0 Å². The van der Waals surface area contributed by atoms with Gasteiger partial charge in [-0.25, -0.2) is 0 Å². The third kappa shape index (κ3) is 7.07. The van der Waals surface area contributed by atoms with Gasteiger partial charge in [0.1, 0.15) is 5.76 Å². The second-order valence-electron chi connectivity index (χ2n) is 6.02. The van der Waals surface area contributed by atoms with Crippen LogP contribution in [0.15, 0.2) is 34.9 Å². The average Bonchev–Trinajstić information content (AvgIpc) is 3.09. The lowest BCUT2D eigenvalue weighted by atomic mass is 10.1. The summed E-state index contributed by atoms with van der Waals surface area (Å²) in [5.41, 5.74) is 1.80. The molecule has 1 aromatic heterocycles. The first-order chi connectivity index (χ1) is 13.4. The van der Waals surface area contributed by atoms with Crippen molar-refractivity contribution in [3.63, 3.8) is 0 Å². The first-order valence-electron chi connectivity index (χ1n) is 8.77. The number of carbonyl (C=O) groups excluding carboxylic acids is 3. The fourth-order valence-corrected chi connectivity index (χ4v) is 2.81. The summed E-state index contributed by atoms with van der Waals surface area (Å²) in [5.74, 6) is -0.447. The minimum atomic E-state index is -0.571. The van der Waals surface area contributed by atoms with Crippen molar-refractivity contribution in [3.05, 3.63) is 41.7 Å². The summed E-state index contributed by atoms with van der Waals surface area (Å²) in [7, 11) is 0. The molecule has 2 rings (SSSR count). The summed E-state index contributed by atoms with van der Waals surface area (Å²) >= 11 is 1.10. The molecule has 2 N–H and O–H groups in total. The van der Waals surface area contributed by atoms with E-state index in [0.29, 0.717) is 17.3 Å². The van der Waals surface area contributed by atoms with Gasteiger partial charge in [0.15, 0.2) is 12.4 Å². The molecule has 150 valence electrons. The molecule has 0 radical (unpaired) electrons. The van der Waals surface area contributed by atoms with Crippen LogP contribution in [0, 0.1) is 6.92 Å². The Hall–Kier alpha value is -2.81. The number of hydrogen-bond acceptors (Lipinski definition) is 7. The molecule has 9 heteroatoms. The van der Waals surface area contributed by atoms with Crippen molar-refractivity contribution >= 4 is 41.1 Å². The van der Waals surface area contributed by atoms with Gasteiger partial charge >= 0.3 is 5.97 Å². The molecule has 1 atom stereocenters. The maximum atomic E-state index is 12.0. The van der Waals surface area contributed by atoms with Crippen molar-refractivity contribution in [2.45, 2.75) is 32.4 Å². The number of amides is 2. The molecule has 1 aromatic carbocycles. The highest BCUT2D eigenvalue weighted by atomic mass is 32.2. The Balaban J connectivity index is 1.66. The van der Waals surface area contributed by atoms with Gasteiger partial charge in [0.05, 0.1) is 11.0 Å². The molecule has 1 heterocycles. The normalized spacial score (nSPS) is 11.5. The standard InChI is InChI=1S/C19H23N3O5S/c1-4-14-5-7-15(8-6-14)20-17(23)10-26-18(24)11-28-13(3)19(25)21-16-9-12(2)27-22-16/h5-9,13H,4,10-11H2,1-3H3,(H,20,23)(H,21,22,25)/t13-/m1/s1. The first kappa shape index (κ1) is 21.5. The summed E-state index contributed by atoms with van der Waals surface area (Å²) in [5, 5.41) is 8.42. The Morgan fingerprint density at radius 2 is 1.93 bits per heavy atom. The molecule has 0 unspecified atom stereocenters. The lowest BCUT2D eigenvalue weighted by molar-refractivity contribution is -0.144. The van der Waals surface area contributed by atoms with Crippen LogP contribution >= 0.6 is 11.8 Å². The molecular formula is C19H23N3O5S. The van der Waals surface area contributed by atoms with Crippen molar-refractivity contribution in [1.29, 1.82) is 0 Å². The van der Waals surface area contributed by atoms with Gasteiger partial charge in [-0.3, -0.25) is 14.4 Å². The van der Waals surface area contributed by atoms with Crippen LogP contribution in [0.2, 0.25) is 0 Å². The molecule has 0 aliphatic rings. The number of aromatic nitrogens is 1. The molecule has 0 bridgehead atoms. The Morgan fingerprint density at radius 3 is 2.54 bits per heavy atom. The number of hydrogen-bond donors (Lipinski definition) is 2. The number of esters is 1. The van der Waals surface area contributed by atoms with E-state index in [0.717, 1.165) is 18.2 Å². The van der Waals surface area contributed by atoms with Crippen molar-refractivity contribution < 1.29 is 23.6 Å². The molecule has 0 saturated heterocycles. The first-order valence-corrected chi connectivity index (χ1v) is 9.82. The molecule has 0 saturated carbocycles. The van der Waals surface area contributed by atoms with E-state index in [1.54, 1.807) is 32.0 Å². The summed E-state index contributed by atoms with van der Waals surface area (Å²) in [6.45, 7) is 5.04. The summed E-state index contributed by atoms with van der Waals surface area (Å²) in [4.78, 5) is 35.7. The molecule has 8 nitrogen and oxygen atoms in total. The lowest BCUT2D eigenvalue weighted by Gasteiger charge is -2.10. The SMILES string of the molecule is CCc1ccc(NC(=O)COC(=O)CS[C@H](C)C(=O)Nc2cc(C)on2)cc1. The average molecular weight is 405 g/mol. The third-order valence-electron chi connectivity index (χ3n) is 3.71. The molecule has 0 spiro atoms. The van der Waals surface area contributed by atoms with Crippen LogP contribution in [0.4, 0.5) is 11.5 Å². The van der Waals surface area contributed by atoms with Crippen LogP contribution < -0.4 is 10.6 Å². The summed E-state index contributed by atoms with van der Waals surface area (Å²) < 4.78 is 9.81. The number of aryl methyl sites for hydroxylation is 2. The maximum absolute atomic E-state index is 12.0. The Morgan fingerprint density at radius 1 is 1.21 bits per heavy atom. The monoisotopic (exact) mass is 405 g/mol. The van der Waals surface area contributed by atoms with Gasteiger partial charge in [-0.2, -0.15) is 0 Å². The zero-order valence-electron chi connectivity index (χ0n) is 16.0. The molecule has 0 aliphatic heterocycles. The number of carbonyl (C=O) groups is 3. The second kappa shape index (κ2) is 10.5. The van der Waals surface area contributed by atoms with Gasteiger partial charge < -0.3 is 19.9 Å². The minimum Gasteiger partial charge on any atom is -0.455 e. The highest BCUT2D eigenvalue weighted by molar-refractivity contribution is 8.01. The van der Waals surface area contributed by atoms with Crippen LogP contribution in [0.3, 0.4) is 0 Å². The maximum Gasteiger partial charge on any atom is 0.316 e. The number of thioether (sulfide) groups is 1. The van der Waals surface area contributed by atoms with Crippen molar-refractivity contribution in [1.82, 2.24) is 5.16 Å². The summed E-state index contributed by atoms with van der Waals surface area (Å²) in [6.07, 6.45) is 0.915. The van der Waals surface area contributed by atoms with E-state index in [4.69, 9.17) is 9.26 Å². The van der Waals surface area contributed by atoms with E-state index in [1.165, 1.54) is 5.56 Å². The van der Waals surface area contributed by atoms with Gasteiger partial charge in [0.25, 0.3) is 5.91 Å². The lowest BCUT2D eigenvalue weighted by Crippen LogP contribution is -2.25. The number of ether oxygens (including phenoxy) is 1. The van der Waals surface area contributed by atoms with Gasteiger partial charge in [0, 0.05) is 11.8 Å². The fourth-order valence-electron chi connectivity index (χ4n) is 2.13. The van der Waals surface area contributed by atoms with Crippen molar-refractivity contribution in [2.24, 2.45) is 0 Å². The number of anilines is 2. The Labute approximate surface area is 167 Å². The van der Waals surface area contributed by atoms with E-state index < -0.39 is 17.1 Å². The summed E-state index contributed by atoms with van der Waals surface area (Å²) in [6, 6.07) is 9.03. The predicted octanol–water partition coefficient (Wildman–Crippen LogP) is 2.79. The van der Waals surface area contributed by atoms with Gasteiger partial charge in [-0.1, -0.05) is 24.2 Å². The number of rotatable bonds is 9. The fraction of sp³-hybridized carbons (Fsp3) is 0.368. The highest BCUT2D eigenvalue weighted by Gasteiger charge is 2.17. The molecule has 2 aromatic rings. The van der Waals surface area contributed by atoms with E-state index >= 15 is 0 Å². The van der Waals surface area contributed by atoms with E-state index in [2.05, 4.69) is 15.8 Å². The van der Waals surface area contributed by atoms with E-state index in [9.17, 15) is 14.4 Å². The molecular weight excluding hydrogens is 382 g/mol. The second-order valence-corrected chi connectivity index (χ2v) is 7.35. The zero-order valence-corrected chi connectivity index (χ0v) is 16.8. The molecule has 0 aliphatic carbocycles. The van der Waals surface area contributed by atoms with E-state index in [1.807, 2.05) is 19.1 Å². The van der Waals surface area contributed by atoms with Crippen LogP contribution in [0.25, 0.3) is 0 Å². The predicted molar refractivity (Wildman–Crippen MR) is 107 cm³/mol. The number of nitrogens with zero attached hydrogens (tertiary/aromatic N) is 1. The van der Waals surface area contributed by atoms with Gasteiger partial charge in [0.2, 0.25) is 5.91 Å². The van der Waals surface area contributed by atoms with Crippen LogP contribution in [-0.4, -0.2) is 40.6 Å². The van der Waals surface area contributed by atoms with Gasteiger partial charge in [-0.15, -0.1) is 11.8 Å². The highest BCUT2D eigenvalue weighted by Crippen LogP contribution is 2.15.